The van der Waals surface area contributed by atoms with E-state index in [0.717, 1.165) is 30.7 Å². The van der Waals surface area contributed by atoms with E-state index in [1.807, 2.05) is 45.3 Å². The maximum Gasteiger partial charge on any atom is 2.00 e. The fraction of sp³-hybridized carbons (Fsp3) is 0.290. The Balaban J connectivity index is 0.00000400. The molecule has 7 nitrogen and oxygen atoms in total. The zero-order valence-corrected chi connectivity index (χ0v) is 28.0. The smallest absolute Gasteiger partial charge is 0.394 e. The summed E-state index contributed by atoms with van der Waals surface area (Å²) in [6.45, 7) is 11.4. The van der Waals surface area contributed by atoms with E-state index in [0.29, 0.717) is 35.6 Å². The largest absolute Gasteiger partial charge is 2.00 e. The molecule has 0 saturated carbocycles. The summed E-state index contributed by atoms with van der Waals surface area (Å²) in [7, 11) is 1.97. The van der Waals surface area contributed by atoms with Gasteiger partial charge in [0, 0.05) is 35.7 Å². The van der Waals surface area contributed by atoms with Crippen LogP contribution in [0.3, 0.4) is 0 Å². The summed E-state index contributed by atoms with van der Waals surface area (Å²) in [5.41, 5.74) is 10.5. The van der Waals surface area contributed by atoms with Gasteiger partial charge in [-0.05, 0) is 68.8 Å². The molecule has 1 aliphatic heterocycles. The Morgan fingerprint density at radius 2 is 1.88 bits per heavy atom. The zero-order valence-electron chi connectivity index (χ0n) is 23.8. The van der Waals surface area contributed by atoms with Crippen LogP contribution < -0.4 is 21.8 Å². The molecule has 2 aromatic carbocycles. The molecule has 0 bridgehead atoms. The molecule has 1 radical (unpaired) electrons. The van der Waals surface area contributed by atoms with Crippen LogP contribution in [0, 0.1) is 44.6 Å². The number of benzene rings is 2. The second-order valence-corrected chi connectivity index (χ2v) is 9.00. The van der Waals surface area contributed by atoms with Crippen LogP contribution in [-0.4, -0.2) is 55.9 Å². The van der Waals surface area contributed by atoms with Gasteiger partial charge < -0.3 is 28.7 Å². The monoisotopic (exact) mass is 762 g/mol. The number of rotatable bonds is 12. The fourth-order valence-corrected chi connectivity index (χ4v) is 4.08. The molecule has 207 valence electrons. The summed E-state index contributed by atoms with van der Waals surface area (Å²) < 4.78 is 0. The number of carbonyl (C=O) groups excluding carboxylic acids is 2. The maximum atomic E-state index is 12.7. The van der Waals surface area contributed by atoms with Gasteiger partial charge in [0.25, 0.3) is 11.8 Å². The Morgan fingerprint density at radius 1 is 1.18 bits per heavy atom. The molecule has 0 atom stereocenters. The third kappa shape index (κ3) is 11.0. The molecule has 3 rings (SSSR count). The van der Waals surface area contributed by atoms with Gasteiger partial charge in [-0.25, -0.2) is 0 Å². The standard InChI is InChI=1S/C30H36BN5O2.CH3.U/c1-4-9-28(23-10-8-11-24(20-23)31-3)34-25(5-2)21-27(32)30(38)35-26-14-12-22(13-15-26)29(37)33-16-19-36-17-6-7-18-36;;/h4,8-10,12-15,20-21H,1,5-7,16-19,32H2,2-3H3,(H,33,37)(H,35,38);1H3;/q2*-1;+2/b27-21-,28-9-,34-25+;;. The van der Waals surface area contributed by atoms with Gasteiger partial charge in [0.05, 0.1) is 5.70 Å². The topological polar surface area (TPSA) is 99.8 Å². The van der Waals surface area contributed by atoms with Gasteiger partial charge in [0.15, 0.2) is 0 Å². The van der Waals surface area contributed by atoms with Crippen molar-refractivity contribution in [1.82, 2.24) is 10.2 Å². The number of likely N-dealkylation sites (tertiary alicyclic amines) is 1. The summed E-state index contributed by atoms with van der Waals surface area (Å²) in [6.07, 6.45) is 8.11. The summed E-state index contributed by atoms with van der Waals surface area (Å²) in [5, 5.41) is 5.73. The normalized spacial score (nSPS) is 14.0. The van der Waals surface area contributed by atoms with Gasteiger partial charge in [-0.2, -0.15) is 29.7 Å². The molecular weight excluding hydrogens is 723 g/mol. The summed E-state index contributed by atoms with van der Waals surface area (Å²) in [6, 6.07) is 15.7. The molecule has 0 aliphatic carbocycles. The van der Waals surface area contributed by atoms with Crippen LogP contribution in [0.25, 0.3) is 5.70 Å². The van der Waals surface area contributed by atoms with Crippen molar-refractivity contribution in [2.45, 2.75) is 33.0 Å². The minimum absolute atomic E-state index is 0. The van der Waals surface area contributed by atoms with E-state index in [9.17, 15) is 9.59 Å². The van der Waals surface area contributed by atoms with Crippen molar-refractivity contribution in [3.8, 4) is 0 Å². The quantitative estimate of drug-likeness (QED) is 0.100. The summed E-state index contributed by atoms with van der Waals surface area (Å²) >= 11 is 0. The molecule has 9 heteroatoms. The SMILES string of the molecule is C=C\C=C(/N=C(/C=C(\N)C(=O)Nc1ccc(C(=O)NCCN2CCCC2)cc1)CC)c1cc[c-]c([B]C)c1.[CH3-].[U+2]. The number of carbonyl (C=O) groups is 2. The first-order chi connectivity index (χ1) is 18.4. The molecule has 40 heavy (non-hydrogen) atoms. The average Bonchev–Trinajstić information content (AvgIpc) is 3.46. The van der Waals surface area contributed by atoms with E-state index < -0.39 is 5.91 Å². The van der Waals surface area contributed by atoms with Crippen molar-refractivity contribution in [2.24, 2.45) is 10.7 Å². The van der Waals surface area contributed by atoms with Crippen LogP contribution >= 0.6 is 0 Å². The predicted molar refractivity (Wildman–Crippen MR) is 164 cm³/mol. The third-order valence-corrected chi connectivity index (χ3v) is 6.23. The molecular formula is C31H39BN5O2U. The van der Waals surface area contributed by atoms with Crippen molar-refractivity contribution in [3.63, 3.8) is 0 Å². The number of anilines is 1. The number of nitrogens with one attached hydrogen (secondary N) is 2. The van der Waals surface area contributed by atoms with Crippen LogP contribution in [0.5, 0.6) is 0 Å². The Bertz CT molecular complexity index is 1220. The molecule has 1 saturated heterocycles. The van der Waals surface area contributed by atoms with Crippen molar-refractivity contribution in [3.05, 3.63) is 97.6 Å². The van der Waals surface area contributed by atoms with Crippen LogP contribution in [0.15, 0.2) is 78.0 Å². The van der Waals surface area contributed by atoms with E-state index in [1.165, 1.54) is 12.8 Å². The molecule has 1 heterocycles. The van der Waals surface area contributed by atoms with Crippen molar-refractivity contribution in [2.75, 3.05) is 31.5 Å². The molecule has 2 aromatic rings. The molecule has 0 spiro atoms. The minimum atomic E-state index is -0.444. The number of hydrogen-bond donors (Lipinski definition) is 3. The van der Waals surface area contributed by atoms with E-state index in [4.69, 9.17) is 10.7 Å². The number of aliphatic imine (C=N–C) groups is 1. The molecule has 1 aliphatic rings. The fourth-order valence-electron chi connectivity index (χ4n) is 4.08. The Kier molecular flexibility index (Phi) is 16.3. The molecule has 0 unspecified atom stereocenters. The Morgan fingerprint density at radius 3 is 2.50 bits per heavy atom. The van der Waals surface area contributed by atoms with Gasteiger partial charge in [-0.3, -0.25) is 14.6 Å². The van der Waals surface area contributed by atoms with Crippen molar-refractivity contribution < 1.29 is 40.7 Å². The maximum absolute atomic E-state index is 12.7. The Hall–Kier alpha value is -2.85. The summed E-state index contributed by atoms with van der Waals surface area (Å²) in [5.74, 6) is -0.575. The van der Waals surface area contributed by atoms with Crippen LogP contribution in [0.4, 0.5) is 5.69 Å². The van der Waals surface area contributed by atoms with E-state index in [2.05, 4.69) is 28.2 Å². The van der Waals surface area contributed by atoms with Crippen molar-refractivity contribution in [1.29, 1.82) is 0 Å². The Labute approximate surface area is 264 Å². The number of allylic oxidation sites excluding steroid dienone is 3. The molecule has 1 fully saturated rings. The van der Waals surface area contributed by atoms with Crippen LogP contribution in [-0.2, 0) is 4.79 Å². The first-order valence-corrected chi connectivity index (χ1v) is 13.0. The molecule has 4 N–H and O–H groups in total. The second kappa shape index (κ2) is 18.5. The summed E-state index contributed by atoms with van der Waals surface area (Å²) in [4.78, 5) is 32.2. The average molecular weight is 763 g/mol. The van der Waals surface area contributed by atoms with Crippen LogP contribution in [0.1, 0.15) is 42.1 Å². The molecule has 0 aromatic heterocycles. The number of amides is 2. The van der Waals surface area contributed by atoms with Crippen LogP contribution in [0.2, 0.25) is 6.82 Å². The zero-order chi connectivity index (χ0) is 27.3. The van der Waals surface area contributed by atoms with E-state index in [-0.39, 0.29) is 50.1 Å². The van der Waals surface area contributed by atoms with Gasteiger partial charge in [-0.1, -0.05) is 26.4 Å². The van der Waals surface area contributed by atoms with E-state index >= 15 is 0 Å². The second-order valence-electron chi connectivity index (χ2n) is 9.00. The number of nitrogens with two attached hydrogens (primary N) is 1. The minimum Gasteiger partial charge on any atom is -0.394 e. The van der Waals surface area contributed by atoms with Gasteiger partial charge in [-0.15, -0.1) is 5.56 Å². The van der Waals surface area contributed by atoms with Gasteiger partial charge in [0.1, 0.15) is 7.28 Å². The molecule has 2 amide bonds. The van der Waals surface area contributed by atoms with Crippen molar-refractivity contribution >= 4 is 41.7 Å². The van der Waals surface area contributed by atoms with E-state index in [1.54, 1.807) is 36.4 Å². The number of nitrogens with zero attached hydrogens (tertiary/aromatic N) is 2. The predicted octanol–water partition coefficient (Wildman–Crippen LogP) is 4.00. The van der Waals surface area contributed by atoms with Gasteiger partial charge >= 0.3 is 31.1 Å². The third-order valence-electron chi connectivity index (χ3n) is 6.23. The first kappa shape index (κ1) is 35.2. The number of hydrogen-bond acceptors (Lipinski definition) is 5. The van der Waals surface area contributed by atoms with Gasteiger partial charge in [0.2, 0.25) is 0 Å². The first-order valence-electron chi connectivity index (χ1n) is 13.0.